The zero-order valence-corrected chi connectivity index (χ0v) is 13.4. The fraction of sp³-hybridized carbons (Fsp3) is 0.750. The molecule has 2 unspecified atom stereocenters. The largest absolute Gasteiger partial charge is 0.523 e. The second kappa shape index (κ2) is 6.07. The van der Waals surface area contributed by atoms with Gasteiger partial charge < -0.3 is 4.74 Å². The minimum absolute atomic E-state index is 0.0853. The van der Waals surface area contributed by atoms with Crippen LogP contribution in [-0.2, 0) is 19.0 Å². The number of halogens is 3. The van der Waals surface area contributed by atoms with Crippen LogP contribution >= 0.6 is 0 Å². The molecule has 0 aromatic carbocycles. The van der Waals surface area contributed by atoms with E-state index >= 15 is 0 Å². The number of nitrogens with zero attached hydrogens (tertiary/aromatic N) is 1. The Labute approximate surface area is 127 Å². The normalized spacial score (nSPS) is 23.5. The van der Waals surface area contributed by atoms with Gasteiger partial charge in [0.1, 0.15) is 11.7 Å². The second-order valence-corrected chi connectivity index (χ2v) is 7.33. The molecule has 0 radical (unpaired) electrons. The van der Waals surface area contributed by atoms with Crippen LogP contribution in [0.25, 0.3) is 0 Å². The van der Waals surface area contributed by atoms with Gasteiger partial charge in [-0.1, -0.05) is 12.2 Å². The van der Waals surface area contributed by atoms with E-state index in [2.05, 4.69) is 4.18 Å². The lowest BCUT2D eigenvalue weighted by atomic mass is 10.1. The van der Waals surface area contributed by atoms with Gasteiger partial charge in [0.05, 0.1) is 6.04 Å². The van der Waals surface area contributed by atoms with Crippen LogP contribution in [0.2, 0.25) is 0 Å². The predicted octanol–water partition coefficient (Wildman–Crippen LogP) is 2.42. The van der Waals surface area contributed by atoms with Gasteiger partial charge in [0.2, 0.25) is 0 Å². The Morgan fingerprint density at radius 3 is 2.27 bits per heavy atom. The molecule has 1 amide bonds. The third-order valence-corrected chi connectivity index (χ3v) is 3.79. The summed E-state index contributed by atoms with van der Waals surface area (Å²) in [6.45, 7) is 6.37. The summed E-state index contributed by atoms with van der Waals surface area (Å²) < 4.78 is 68.5. The van der Waals surface area contributed by atoms with E-state index in [-0.39, 0.29) is 6.54 Å². The Morgan fingerprint density at radius 2 is 1.82 bits per heavy atom. The summed E-state index contributed by atoms with van der Waals surface area (Å²) in [7, 11) is -5.74. The van der Waals surface area contributed by atoms with E-state index in [0.717, 1.165) is 4.90 Å². The monoisotopic (exact) mass is 345 g/mol. The number of hydrogen-bond acceptors (Lipinski definition) is 5. The van der Waals surface area contributed by atoms with Gasteiger partial charge in [-0.15, -0.1) is 0 Å². The quantitative estimate of drug-likeness (QED) is 0.437. The molecule has 0 saturated heterocycles. The van der Waals surface area contributed by atoms with Crippen molar-refractivity contribution in [3.63, 3.8) is 0 Å². The number of amides is 1. The van der Waals surface area contributed by atoms with Gasteiger partial charge in [0, 0.05) is 6.54 Å². The van der Waals surface area contributed by atoms with Crippen molar-refractivity contribution in [2.45, 2.75) is 51.0 Å². The van der Waals surface area contributed by atoms with E-state index in [1.807, 2.05) is 0 Å². The van der Waals surface area contributed by atoms with E-state index in [4.69, 9.17) is 4.74 Å². The summed E-state index contributed by atoms with van der Waals surface area (Å²) in [6, 6.07) is -0.933. The highest BCUT2D eigenvalue weighted by atomic mass is 32.2. The van der Waals surface area contributed by atoms with Crippen molar-refractivity contribution in [1.29, 1.82) is 0 Å². The average Bonchev–Trinajstić information content (AvgIpc) is 2.27. The summed E-state index contributed by atoms with van der Waals surface area (Å²) in [5, 5.41) is 0. The number of alkyl halides is 3. The topological polar surface area (TPSA) is 72.9 Å². The van der Waals surface area contributed by atoms with Crippen LogP contribution in [0.5, 0.6) is 0 Å². The van der Waals surface area contributed by atoms with E-state index in [1.165, 1.54) is 19.1 Å². The number of carbonyl (C=O) groups excluding carboxylic acids is 1. The molecule has 128 valence electrons. The van der Waals surface area contributed by atoms with Crippen LogP contribution in [0.1, 0.15) is 27.7 Å². The van der Waals surface area contributed by atoms with Crippen molar-refractivity contribution in [3.05, 3.63) is 12.2 Å². The zero-order valence-electron chi connectivity index (χ0n) is 12.5. The van der Waals surface area contributed by atoms with E-state index < -0.39 is 39.5 Å². The number of hydrogen-bond donors (Lipinski definition) is 0. The van der Waals surface area contributed by atoms with Crippen LogP contribution in [-0.4, -0.2) is 49.2 Å². The van der Waals surface area contributed by atoms with Crippen LogP contribution in [0.3, 0.4) is 0 Å². The fourth-order valence-corrected chi connectivity index (χ4v) is 2.31. The molecule has 1 aliphatic rings. The van der Waals surface area contributed by atoms with E-state index in [0.29, 0.717) is 0 Å². The summed E-state index contributed by atoms with van der Waals surface area (Å²) in [5.74, 6) is 0. The molecule has 1 rings (SSSR count). The molecule has 0 aromatic heterocycles. The molecule has 22 heavy (non-hydrogen) atoms. The Bertz CT molecular complexity index is 550. The molecule has 0 spiro atoms. The van der Waals surface area contributed by atoms with Crippen LogP contribution < -0.4 is 0 Å². The zero-order chi connectivity index (χ0) is 17.3. The number of carbonyl (C=O) groups is 1. The van der Waals surface area contributed by atoms with Gasteiger partial charge in [-0.3, -0.25) is 9.08 Å². The minimum Gasteiger partial charge on any atom is -0.444 e. The first-order valence-corrected chi connectivity index (χ1v) is 7.81. The molecule has 0 N–H and O–H groups in total. The van der Waals surface area contributed by atoms with Crippen molar-refractivity contribution in [2.75, 3.05) is 6.54 Å². The molecule has 0 fully saturated rings. The van der Waals surface area contributed by atoms with Crippen molar-refractivity contribution < 1.29 is 35.3 Å². The molecular weight excluding hydrogens is 327 g/mol. The maximum absolute atomic E-state index is 12.4. The van der Waals surface area contributed by atoms with Crippen molar-refractivity contribution in [3.8, 4) is 0 Å². The maximum atomic E-state index is 12.4. The van der Waals surface area contributed by atoms with Gasteiger partial charge >= 0.3 is 21.7 Å². The first-order chi connectivity index (χ1) is 9.74. The summed E-state index contributed by atoms with van der Waals surface area (Å²) in [5.41, 5.74) is -6.30. The predicted molar refractivity (Wildman–Crippen MR) is 71.4 cm³/mol. The summed E-state index contributed by atoms with van der Waals surface area (Å²) in [6.07, 6.45) is 0.324. The Hall–Kier alpha value is -1.29. The third-order valence-electron chi connectivity index (χ3n) is 2.74. The van der Waals surface area contributed by atoms with Crippen LogP contribution in [0, 0.1) is 0 Å². The molecular formula is C12H18F3NO5S. The summed E-state index contributed by atoms with van der Waals surface area (Å²) in [4.78, 5) is 13.1. The lowest BCUT2D eigenvalue weighted by Crippen LogP contribution is -2.50. The SMILES string of the molecule is CC1C(OS(=O)(=O)C(F)(F)F)C=CCN1C(=O)OC(C)(C)C. The minimum atomic E-state index is -5.74. The molecule has 6 nitrogen and oxygen atoms in total. The highest BCUT2D eigenvalue weighted by molar-refractivity contribution is 7.87. The maximum Gasteiger partial charge on any atom is 0.523 e. The number of ether oxygens (including phenoxy) is 1. The Kier molecular flexibility index (Phi) is 5.18. The molecule has 0 saturated carbocycles. The summed E-state index contributed by atoms with van der Waals surface area (Å²) >= 11 is 0. The van der Waals surface area contributed by atoms with Gasteiger partial charge in [-0.25, -0.2) is 4.79 Å². The smallest absolute Gasteiger partial charge is 0.444 e. The van der Waals surface area contributed by atoms with Gasteiger partial charge in [0.25, 0.3) is 0 Å². The van der Waals surface area contributed by atoms with Crippen molar-refractivity contribution in [1.82, 2.24) is 4.90 Å². The molecule has 0 aliphatic carbocycles. The Balaban J connectivity index is 2.88. The molecule has 10 heteroatoms. The van der Waals surface area contributed by atoms with Gasteiger partial charge in [-0.05, 0) is 27.7 Å². The van der Waals surface area contributed by atoms with Gasteiger partial charge in [-0.2, -0.15) is 21.6 Å². The number of rotatable bonds is 2. The molecule has 1 aliphatic heterocycles. The van der Waals surface area contributed by atoms with E-state index in [1.54, 1.807) is 20.8 Å². The fourth-order valence-electron chi connectivity index (χ4n) is 1.69. The standard InChI is InChI=1S/C12H18F3NO5S/c1-8-9(21-22(18,19)12(13,14)15)6-5-7-16(8)10(17)20-11(2,3)4/h5-6,8-9H,7H2,1-4H3. The van der Waals surface area contributed by atoms with Crippen molar-refractivity contribution in [2.24, 2.45) is 0 Å². The molecule has 2 atom stereocenters. The molecule has 0 aromatic rings. The molecule has 1 heterocycles. The first-order valence-electron chi connectivity index (χ1n) is 6.40. The van der Waals surface area contributed by atoms with Crippen LogP contribution in [0.15, 0.2) is 12.2 Å². The van der Waals surface area contributed by atoms with Crippen LogP contribution in [0.4, 0.5) is 18.0 Å². The second-order valence-electron chi connectivity index (χ2n) is 5.76. The molecule has 0 bridgehead atoms. The van der Waals surface area contributed by atoms with E-state index in [9.17, 15) is 26.4 Å². The first kappa shape index (κ1) is 18.8. The lowest BCUT2D eigenvalue weighted by Gasteiger charge is -2.36. The third kappa shape index (κ3) is 4.60. The lowest BCUT2D eigenvalue weighted by molar-refractivity contribution is -0.0587. The highest BCUT2D eigenvalue weighted by Gasteiger charge is 2.49. The average molecular weight is 345 g/mol. The highest BCUT2D eigenvalue weighted by Crippen LogP contribution is 2.28. The van der Waals surface area contributed by atoms with Gasteiger partial charge in [0.15, 0.2) is 0 Å². The van der Waals surface area contributed by atoms with Crippen molar-refractivity contribution >= 4 is 16.2 Å². The Morgan fingerprint density at radius 1 is 1.27 bits per heavy atom.